The van der Waals surface area contributed by atoms with Gasteiger partial charge in [0.25, 0.3) is 0 Å². The molecule has 4 nitrogen and oxygen atoms in total. The minimum absolute atomic E-state index is 0.0276. The van der Waals surface area contributed by atoms with Gasteiger partial charge in [-0.2, -0.15) is 0 Å². The third-order valence-corrected chi connectivity index (χ3v) is 11.1. The first kappa shape index (κ1) is 22.5. The maximum atomic E-state index is 7.00. The molecular weight excluding hydrogens is 352 g/mol. The zero-order chi connectivity index (χ0) is 19.9. The summed E-state index contributed by atoms with van der Waals surface area (Å²) in [6.45, 7) is 16.1. The first-order valence-electron chi connectivity index (χ1n) is 10.9. The van der Waals surface area contributed by atoms with Crippen molar-refractivity contribution in [2.24, 2.45) is 0 Å². The van der Waals surface area contributed by atoms with Gasteiger partial charge in [-0.05, 0) is 67.9 Å². The number of pyridine rings is 1. The van der Waals surface area contributed by atoms with Crippen LogP contribution in [-0.4, -0.2) is 38.6 Å². The summed E-state index contributed by atoms with van der Waals surface area (Å²) in [6, 6.07) is 3.51. The molecule has 1 aliphatic heterocycles. The van der Waals surface area contributed by atoms with Gasteiger partial charge in [-0.15, -0.1) is 0 Å². The highest BCUT2D eigenvalue weighted by molar-refractivity contribution is 6.73. The van der Waals surface area contributed by atoms with Crippen molar-refractivity contribution in [1.29, 1.82) is 0 Å². The number of hydrogen-bond donors (Lipinski definition) is 1. The summed E-state index contributed by atoms with van der Waals surface area (Å²) in [5.41, 5.74) is 3.89. The second kappa shape index (κ2) is 10.1. The van der Waals surface area contributed by atoms with Crippen molar-refractivity contribution in [1.82, 2.24) is 10.3 Å². The van der Waals surface area contributed by atoms with Crippen LogP contribution in [0.3, 0.4) is 0 Å². The molecule has 2 rings (SSSR count). The Balaban J connectivity index is 2.23. The molecule has 1 unspecified atom stereocenters. The van der Waals surface area contributed by atoms with Crippen LogP contribution in [0.25, 0.3) is 0 Å². The van der Waals surface area contributed by atoms with Crippen molar-refractivity contribution in [3.05, 3.63) is 29.1 Å². The molecule has 1 aromatic heterocycles. The van der Waals surface area contributed by atoms with Crippen LogP contribution in [0.2, 0.25) is 18.1 Å². The summed E-state index contributed by atoms with van der Waals surface area (Å²) < 4.78 is 13.0. The Hall–Kier alpha value is -0.753. The molecule has 0 saturated carbocycles. The Labute approximate surface area is 167 Å². The van der Waals surface area contributed by atoms with Gasteiger partial charge in [0.05, 0.1) is 11.7 Å². The third-order valence-electron chi connectivity index (χ3n) is 6.43. The summed E-state index contributed by atoms with van der Waals surface area (Å²) in [4.78, 5) is 4.42. The maximum Gasteiger partial charge on any atom is 0.192 e. The standard InChI is InChI=1S/C22H40N2O2Si/c1-7-19-15-23-14-18(5)21(19)20(26-27(8-2,9-3)10-4)16-24-17-22(6)12-11-13-25-22/h14-15,20,24H,7-13,16-17H2,1-6H3/t20?,22-/m0/s1. The fourth-order valence-corrected chi connectivity index (χ4v) is 7.13. The van der Waals surface area contributed by atoms with Crippen molar-refractivity contribution < 1.29 is 9.16 Å². The van der Waals surface area contributed by atoms with E-state index in [4.69, 9.17) is 9.16 Å². The highest BCUT2D eigenvalue weighted by Crippen LogP contribution is 2.33. The molecule has 154 valence electrons. The van der Waals surface area contributed by atoms with Crippen molar-refractivity contribution in [2.45, 2.75) is 90.6 Å². The van der Waals surface area contributed by atoms with Gasteiger partial charge in [0, 0.05) is 32.1 Å². The Kier molecular flexibility index (Phi) is 8.47. The van der Waals surface area contributed by atoms with Gasteiger partial charge in [-0.25, -0.2) is 0 Å². The lowest BCUT2D eigenvalue weighted by atomic mass is 9.97. The lowest BCUT2D eigenvalue weighted by Crippen LogP contribution is -2.43. The van der Waals surface area contributed by atoms with E-state index < -0.39 is 8.32 Å². The molecule has 2 atom stereocenters. The van der Waals surface area contributed by atoms with Crippen LogP contribution in [0.4, 0.5) is 0 Å². The number of ether oxygens (including phenoxy) is 1. The lowest BCUT2D eigenvalue weighted by molar-refractivity contribution is 0.0188. The van der Waals surface area contributed by atoms with Gasteiger partial charge in [0.2, 0.25) is 0 Å². The smallest absolute Gasteiger partial charge is 0.192 e. The molecule has 0 aromatic carbocycles. The van der Waals surface area contributed by atoms with Gasteiger partial charge in [-0.3, -0.25) is 4.98 Å². The SMILES string of the molecule is CCc1cncc(C)c1C(CNC[C@]1(C)CCCO1)O[Si](CC)(CC)CC. The fourth-order valence-electron chi connectivity index (χ4n) is 4.32. The van der Waals surface area contributed by atoms with E-state index in [0.29, 0.717) is 0 Å². The number of nitrogens with one attached hydrogen (secondary N) is 1. The van der Waals surface area contributed by atoms with Crippen LogP contribution in [-0.2, 0) is 15.6 Å². The molecule has 0 radical (unpaired) electrons. The molecule has 1 aliphatic rings. The normalized spacial score (nSPS) is 21.6. The number of aromatic nitrogens is 1. The van der Waals surface area contributed by atoms with E-state index in [1.807, 2.05) is 12.4 Å². The number of rotatable bonds is 11. The topological polar surface area (TPSA) is 43.4 Å². The number of nitrogens with zero attached hydrogens (tertiary/aromatic N) is 1. The van der Waals surface area contributed by atoms with Crippen LogP contribution in [0.1, 0.15) is 70.3 Å². The highest BCUT2D eigenvalue weighted by Gasteiger charge is 2.34. The maximum absolute atomic E-state index is 7.00. The molecule has 0 bridgehead atoms. The average Bonchev–Trinajstić information content (AvgIpc) is 3.11. The summed E-state index contributed by atoms with van der Waals surface area (Å²) in [5.74, 6) is 0. The van der Waals surface area contributed by atoms with Gasteiger partial charge < -0.3 is 14.5 Å². The molecule has 5 heteroatoms. The fraction of sp³-hybridized carbons (Fsp3) is 0.773. The summed E-state index contributed by atoms with van der Waals surface area (Å²) in [7, 11) is -1.71. The van der Waals surface area contributed by atoms with Crippen LogP contribution < -0.4 is 5.32 Å². The molecule has 0 aliphatic carbocycles. The largest absolute Gasteiger partial charge is 0.409 e. The van der Waals surface area contributed by atoms with E-state index >= 15 is 0 Å². The first-order valence-corrected chi connectivity index (χ1v) is 13.4. The molecule has 0 amide bonds. The summed E-state index contributed by atoms with van der Waals surface area (Å²) in [5, 5.41) is 3.69. The minimum Gasteiger partial charge on any atom is -0.409 e. The van der Waals surface area contributed by atoms with Crippen molar-refractivity contribution >= 4 is 8.32 Å². The first-order chi connectivity index (χ1) is 12.9. The summed E-state index contributed by atoms with van der Waals surface area (Å²) in [6.07, 6.45) is 7.40. The predicted octanol–water partition coefficient (Wildman–Crippen LogP) is 5.17. The monoisotopic (exact) mass is 392 g/mol. The van der Waals surface area contributed by atoms with E-state index in [2.05, 4.69) is 51.8 Å². The molecule has 1 N–H and O–H groups in total. The van der Waals surface area contributed by atoms with E-state index in [0.717, 1.165) is 32.5 Å². The van der Waals surface area contributed by atoms with Crippen LogP contribution >= 0.6 is 0 Å². The van der Waals surface area contributed by atoms with Crippen molar-refractivity contribution in [3.8, 4) is 0 Å². The Morgan fingerprint density at radius 3 is 2.48 bits per heavy atom. The van der Waals surface area contributed by atoms with E-state index in [9.17, 15) is 0 Å². The zero-order valence-electron chi connectivity index (χ0n) is 18.4. The lowest BCUT2D eigenvalue weighted by Gasteiger charge is -2.35. The van der Waals surface area contributed by atoms with Crippen molar-refractivity contribution in [2.75, 3.05) is 19.7 Å². The van der Waals surface area contributed by atoms with Gasteiger partial charge in [-0.1, -0.05) is 27.7 Å². The zero-order valence-corrected chi connectivity index (χ0v) is 19.4. The molecule has 2 heterocycles. The van der Waals surface area contributed by atoms with E-state index in [1.54, 1.807) is 0 Å². The average molecular weight is 393 g/mol. The molecular formula is C22H40N2O2Si. The predicted molar refractivity (Wildman–Crippen MR) is 116 cm³/mol. The number of hydrogen-bond acceptors (Lipinski definition) is 4. The number of aryl methyl sites for hydroxylation is 2. The van der Waals surface area contributed by atoms with Gasteiger partial charge in [0.1, 0.15) is 0 Å². The van der Waals surface area contributed by atoms with E-state index in [-0.39, 0.29) is 11.7 Å². The van der Waals surface area contributed by atoms with Crippen LogP contribution in [0, 0.1) is 6.92 Å². The molecule has 1 fully saturated rings. The quantitative estimate of drug-likeness (QED) is 0.527. The third kappa shape index (κ3) is 5.63. The Morgan fingerprint density at radius 1 is 1.22 bits per heavy atom. The molecule has 27 heavy (non-hydrogen) atoms. The van der Waals surface area contributed by atoms with Gasteiger partial charge in [0.15, 0.2) is 8.32 Å². The minimum atomic E-state index is -1.71. The molecule has 0 spiro atoms. The second-order valence-corrected chi connectivity index (χ2v) is 13.0. The Bertz CT molecular complexity index is 575. The second-order valence-electron chi connectivity index (χ2n) is 8.27. The Morgan fingerprint density at radius 2 is 1.93 bits per heavy atom. The van der Waals surface area contributed by atoms with E-state index in [1.165, 1.54) is 41.2 Å². The van der Waals surface area contributed by atoms with Crippen molar-refractivity contribution in [3.63, 3.8) is 0 Å². The van der Waals surface area contributed by atoms with Gasteiger partial charge >= 0.3 is 0 Å². The highest BCUT2D eigenvalue weighted by atomic mass is 28.4. The van der Waals surface area contributed by atoms with Crippen LogP contribution in [0.15, 0.2) is 12.4 Å². The summed E-state index contributed by atoms with van der Waals surface area (Å²) >= 11 is 0. The molecule has 1 saturated heterocycles. The molecule has 1 aromatic rings. The van der Waals surface area contributed by atoms with Crippen LogP contribution in [0.5, 0.6) is 0 Å².